The Morgan fingerprint density at radius 3 is 1.95 bits per heavy atom. The molecule has 11 nitrogen and oxygen atoms in total. The Labute approximate surface area is 215 Å². The lowest BCUT2D eigenvalue weighted by atomic mass is 10.0. The van der Waals surface area contributed by atoms with Gasteiger partial charge in [-0.2, -0.15) is 0 Å². The summed E-state index contributed by atoms with van der Waals surface area (Å²) in [5.74, 6) is -1.24. The van der Waals surface area contributed by atoms with E-state index in [-0.39, 0.29) is 54.6 Å². The SMILES string of the molecule is CC(=O)NC[C@H]1CN(c2ccc(-c3ccc(N4C[C@@H](CNc5ccon5)OC4=O)cc3F)c(F)c2)C(=O)O1. The van der Waals surface area contributed by atoms with Crippen LogP contribution >= 0.6 is 0 Å². The third kappa shape index (κ3) is 5.21. The fourth-order valence-electron chi connectivity index (χ4n) is 4.24. The number of nitrogens with one attached hydrogen (secondary N) is 2. The largest absolute Gasteiger partial charge is 0.442 e. The van der Waals surface area contributed by atoms with Gasteiger partial charge in [-0.1, -0.05) is 5.16 Å². The molecule has 2 atom stereocenters. The first-order valence-corrected chi connectivity index (χ1v) is 11.7. The molecule has 5 rings (SSSR count). The van der Waals surface area contributed by atoms with Gasteiger partial charge in [0.2, 0.25) is 5.91 Å². The molecule has 0 unspecified atom stereocenters. The van der Waals surface area contributed by atoms with E-state index in [4.69, 9.17) is 14.0 Å². The summed E-state index contributed by atoms with van der Waals surface area (Å²) in [5.41, 5.74) is 0.479. The van der Waals surface area contributed by atoms with E-state index >= 15 is 8.78 Å². The lowest BCUT2D eigenvalue weighted by molar-refractivity contribution is -0.119. The van der Waals surface area contributed by atoms with Crippen LogP contribution < -0.4 is 20.4 Å². The van der Waals surface area contributed by atoms with Crippen LogP contribution in [-0.4, -0.2) is 61.6 Å². The lowest BCUT2D eigenvalue weighted by Gasteiger charge is -2.16. The molecule has 3 heterocycles. The average molecular weight is 527 g/mol. The van der Waals surface area contributed by atoms with Gasteiger partial charge in [-0.3, -0.25) is 14.6 Å². The predicted octanol–water partition coefficient (Wildman–Crippen LogP) is 3.52. The van der Waals surface area contributed by atoms with Crippen LogP contribution in [0.4, 0.5) is 35.6 Å². The zero-order valence-corrected chi connectivity index (χ0v) is 20.1. The minimum absolute atomic E-state index is 0.0119. The predicted molar refractivity (Wildman–Crippen MR) is 131 cm³/mol. The fourth-order valence-corrected chi connectivity index (χ4v) is 4.24. The molecular weight excluding hydrogens is 504 g/mol. The summed E-state index contributed by atoms with van der Waals surface area (Å²) in [6.07, 6.45) is -0.970. The van der Waals surface area contributed by atoms with Crippen molar-refractivity contribution in [3.05, 3.63) is 60.4 Å². The van der Waals surface area contributed by atoms with Gasteiger partial charge in [-0.15, -0.1) is 0 Å². The molecule has 198 valence electrons. The quantitative estimate of drug-likeness (QED) is 0.456. The molecule has 2 aromatic carbocycles. The zero-order valence-electron chi connectivity index (χ0n) is 20.1. The van der Waals surface area contributed by atoms with Crippen LogP contribution in [0.5, 0.6) is 0 Å². The number of carbonyl (C=O) groups excluding carboxylic acids is 3. The average Bonchev–Trinajstić information content (AvgIpc) is 3.62. The maximum atomic E-state index is 15.1. The van der Waals surface area contributed by atoms with E-state index in [0.29, 0.717) is 5.82 Å². The number of hydrogen-bond acceptors (Lipinski definition) is 8. The molecule has 13 heteroatoms. The van der Waals surface area contributed by atoms with Crippen LogP contribution in [0.2, 0.25) is 0 Å². The van der Waals surface area contributed by atoms with Gasteiger partial charge in [0.25, 0.3) is 0 Å². The molecule has 3 aromatic rings. The zero-order chi connectivity index (χ0) is 26.8. The number of aromatic nitrogens is 1. The Morgan fingerprint density at radius 2 is 1.47 bits per heavy atom. The Morgan fingerprint density at radius 1 is 0.921 bits per heavy atom. The van der Waals surface area contributed by atoms with E-state index in [9.17, 15) is 14.4 Å². The maximum absolute atomic E-state index is 15.1. The molecule has 2 aliphatic heterocycles. The third-order valence-corrected chi connectivity index (χ3v) is 6.09. The first kappa shape index (κ1) is 25.0. The minimum atomic E-state index is -0.744. The third-order valence-electron chi connectivity index (χ3n) is 6.09. The summed E-state index contributed by atoms with van der Waals surface area (Å²) in [5, 5.41) is 9.26. The second-order valence-electron chi connectivity index (χ2n) is 8.76. The van der Waals surface area contributed by atoms with Crippen molar-refractivity contribution in [2.45, 2.75) is 19.1 Å². The van der Waals surface area contributed by atoms with Crippen LogP contribution in [0.15, 0.2) is 53.3 Å². The van der Waals surface area contributed by atoms with Crippen molar-refractivity contribution in [1.29, 1.82) is 0 Å². The Kier molecular flexibility index (Phi) is 6.81. The van der Waals surface area contributed by atoms with Crippen molar-refractivity contribution in [1.82, 2.24) is 10.5 Å². The van der Waals surface area contributed by atoms with E-state index < -0.39 is 36.0 Å². The molecule has 38 heavy (non-hydrogen) atoms. The number of carbonyl (C=O) groups is 3. The monoisotopic (exact) mass is 527 g/mol. The van der Waals surface area contributed by atoms with E-state index in [1.165, 1.54) is 47.3 Å². The highest BCUT2D eigenvalue weighted by atomic mass is 19.1. The molecule has 0 radical (unpaired) electrons. The van der Waals surface area contributed by atoms with E-state index in [1.807, 2.05) is 0 Å². The number of rotatable bonds is 8. The van der Waals surface area contributed by atoms with Crippen molar-refractivity contribution >= 4 is 35.3 Å². The minimum Gasteiger partial charge on any atom is -0.442 e. The van der Waals surface area contributed by atoms with Crippen molar-refractivity contribution in [3.63, 3.8) is 0 Å². The van der Waals surface area contributed by atoms with Crippen molar-refractivity contribution in [2.75, 3.05) is 41.3 Å². The molecule has 2 aliphatic rings. The number of nitrogens with zero attached hydrogens (tertiary/aromatic N) is 3. The van der Waals surface area contributed by atoms with Gasteiger partial charge in [-0.25, -0.2) is 18.4 Å². The molecule has 0 saturated carbocycles. The number of ether oxygens (including phenoxy) is 2. The Hall–Kier alpha value is -4.68. The number of cyclic esters (lactones) is 2. The Bertz CT molecular complexity index is 1370. The van der Waals surface area contributed by atoms with E-state index in [1.54, 1.807) is 6.07 Å². The van der Waals surface area contributed by atoms with Crippen LogP contribution in [0.25, 0.3) is 11.1 Å². The van der Waals surface area contributed by atoms with Crippen LogP contribution in [0.1, 0.15) is 6.92 Å². The highest BCUT2D eigenvalue weighted by molar-refractivity contribution is 5.91. The lowest BCUT2D eigenvalue weighted by Crippen LogP contribution is -2.33. The highest BCUT2D eigenvalue weighted by Gasteiger charge is 2.34. The van der Waals surface area contributed by atoms with Gasteiger partial charge in [-0.05, 0) is 36.4 Å². The number of amides is 3. The molecule has 3 amide bonds. The normalized spacial score (nSPS) is 18.9. The van der Waals surface area contributed by atoms with Gasteiger partial charge in [0.05, 0.1) is 37.6 Å². The summed E-state index contributed by atoms with van der Waals surface area (Å²) < 4.78 is 45.4. The summed E-state index contributed by atoms with van der Waals surface area (Å²) in [6, 6.07) is 9.62. The molecular formula is C25H23F2N5O6. The number of halogens is 2. The van der Waals surface area contributed by atoms with Gasteiger partial charge >= 0.3 is 12.2 Å². The van der Waals surface area contributed by atoms with Crippen molar-refractivity contribution < 1.29 is 37.2 Å². The van der Waals surface area contributed by atoms with Crippen LogP contribution in [-0.2, 0) is 14.3 Å². The first-order chi connectivity index (χ1) is 18.3. The number of anilines is 3. The Balaban J connectivity index is 1.27. The summed E-state index contributed by atoms with van der Waals surface area (Å²) in [4.78, 5) is 38.2. The number of benzene rings is 2. The van der Waals surface area contributed by atoms with Gasteiger partial charge in [0.15, 0.2) is 5.82 Å². The van der Waals surface area contributed by atoms with E-state index in [2.05, 4.69) is 15.8 Å². The first-order valence-electron chi connectivity index (χ1n) is 11.7. The topological polar surface area (TPSA) is 126 Å². The van der Waals surface area contributed by atoms with Crippen LogP contribution in [0.3, 0.4) is 0 Å². The molecule has 0 spiro atoms. The smallest absolute Gasteiger partial charge is 0.414 e. The maximum Gasteiger partial charge on any atom is 0.414 e. The van der Waals surface area contributed by atoms with Gasteiger partial charge < -0.3 is 24.6 Å². The van der Waals surface area contributed by atoms with Crippen molar-refractivity contribution in [2.24, 2.45) is 0 Å². The second-order valence-corrected chi connectivity index (χ2v) is 8.76. The molecule has 0 bridgehead atoms. The standard InChI is InChI=1S/C25H23F2N5O6/c1-14(33)28-10-17-12-31(24(34)37-17)15-2-4-19(21(26)8-15)20-5-3-16(9-22(20)27)32-13-18(38-25(32)35)11-29-23-6-7-36-30-23/h2-9,17-18H,10-13H2,1H3,(H,28,33)(H,29,30)/t17-,18+/m0/s1. The summed E-state index contributed by atoms with van der Waals surface area (Å²) in [7, 11) is 0. The van der Waals surface area contributed by atoms with Crippen LogP contribution in [0, 0.1) is 11.6 Å². The van der Waals surface area contributed by atoms with E-state index in [0.717, 1.165) is 12.1 Å². The molecule has 2 N–H and O–H groups in total. The summed E-state index contributed by atoms with van der Waals surface area (Å²) >= 11 is 0. The molecule has 2 fully saturated rings. The van der Waals surface area contributed by atoms with Crippen molar-refractivity contribution in [3.8, 4) is 11.1 Å². The fraction of sp³-hybridized carbons (Fsp3) is 0.280. The highest BCUT2D eigenvalue weighted by Crippen LogP contribution is 2.33. The molecule has 0 aliphatic carbocycles. The van der Waals surface area contributed by atoms with Gasteiger partial charge in [0.1, 0.15) is 30.1 Å². The molecule has 2 saturated heterocycles. The number of hydrogen-bond donors (Lipinski definition) is 2. The van der Waals surface area contributed by atoms with Gasteiger partial charge in [0, 0.05) is 24.1 Å². The summed E-state index contributed by atoms with van der Waals surface area (Å²) in [6.45, 7) is 2.08. The second kappa shape index (κ2) is 10.4. The molecule has 1 aromatic heterocycles.